The SMILES string of the molecule is CN=C(NCC(c1ccccc1OC)N(C)C)NC(C)c1cccc(N2CCCC2)c1.I. The van der Waals surface area contributed by atoms with E-state index in [2.05, 4.69) is 82.8 Å². The fourth-order valence-corrected chi connectivity index (χ4v) is 4.15. The summed E-state index contributed by atoms with van der Waals surface area (Å²) < 4.78 is 5.58. The Morgan fingerprint density at radius 2 is 1.84 bits per heavy atom. The quantitative estimate of drug-likeness (QED) is 0.289. The molecule has 2 unspecified atom stereocenters. The van der Waals surface area contributed by atoms with E-state index in [4.69, 9.17) is 4.74 Å². The Morgan fingerprint density at radius 1 is 1.12 bits per heavy atom. The molecular weight excluding hydrogens is 513 g/mol. The number of nitrogens with one attached hydrogen (secondary N) is 2. The van der Waals surface area contributed by atoms with Crippen molar-refractivity contribution in [1.29, 1.82) is 0 Å². The summed E-state index contributed by atoms with van der Waals surface area (Å²) in [6, 6.07) is 17.3. The van der Waals surface area contributed by atoms with Gasteiger partial charge in [-0.3, -0.25) is 4.99 Å². The Hall–Kier alpha value is -2.00. The highest BCUT2D eigenvalue weighted by molar-refractivity contribution is 14.0. The van der Waals surface area contributed by atoms with Gasteiger partial charge in [0.25, 0.3) is 0 Å². The zero-order valence-electron chi connectivity index (χ0n) is 20.0. The molecule has 0 aliphatic carbocycles. The summed E-state index contributed by atoms with van der Waals surface area (Å²) in [6.45, 7) is 5.21. The lowest BCUT2D eigenvalue weighted by Crippen LogP contribution is -2.42. The van der Waals surface area contributed by atoms with Gasteiger partial charge in [0, 0.05) is 37.9 Å². The molecule has 6 nitrogen and oxygen atoms in total. The molecule has 2 aromatic carbocycles. The highest BCUT2D eigenvalue weighted by Gasteiger charge is 2.19. The van der Waals surface area contributed by atoms with Crippen molar-refractivity contribution in [3.05, 3.63) is 59.7 Å². The smallest absolute Gasteiger partial charge is 0.191 e. The van der Waals surface area contributed by atoms with Crippen molar-refractivity contribution in [2.24, 2.45) is 4.99 Å². The first-order valence-electron chi connectivity index (χ1n) is 11.1. The summed E-state index contributed by atoms with van der Waals surface area (Å²) in [4.78, 5) is 9.12. The number of nitrogens with zero attached hydrogens (tertiary/aromatic N) is 3. The lowest BCUT2D eigenvalue weighted by atomic mass is 10.0. The van der Waals surface area contributed by atoms with Gasteiger partial charge in [-0.2, -0.15) is 0 Å². The summed E-state index contributed by atoms with van der Waals surface area (Å²) >= 11 is 0. The third-order valence-electron chi connectivity index (χ3n) is 6.00. The number of halogens is 1. The van der Waals surface area contributed by atoms with Crippen LogP contribution in [0.25, 0.3) is 0 Å². The van der Waals surface area contributed by atoms with Crippen LogP contribution in [0.3, 0.4) is 0 Å². The molecule has 2 N–H and O–H groups in total. The van der Waals surface area contributed by atoms with Gasteiger partial charge in [0.1, 0.15) is 5.75 Å². The number of para-hydroxylation sites is 1. The molecule has 7 heteroatoms. The second kappa shape index (κ2) is 12.9. The second-order valence-corrected chi connectivity index (χ2v) is 8.33. The van der Waals surface area contributed by atoms with E-state index in [9.17, 15) is 0 Å². The maximum absolute atomic E-state index is 5.58. The summed E-state index contributed by atoms with van der Waals surface area (Å²) in [5, 5.41) is 7.05. The lowest BCUT2D eigenvalue weighted by molar-refractivity contribution is 0.287. The number of aliphatic imine (C=N–C) groups is 1. The number of guanidine groups is 1. The lowest BCUT2D eigenvalue weighted by Gasteiger charge is -2.28. The number of likely N-dealkylation sites (N-methyl/N-ethyl adjacent to an activating group) is 1. The number of anilines is 1. The van der Waals surface area contributed by atoms with Crippen LogP contribution in [0.1, 0.15) is 43.0 Å². The Balaban J connectivity index is 0.00000363. The van der Waals surface area contributed by atoms with Crippen molar-refractivity contribution in [3.63, 3.8) is 0 Å². The zero-order valence-corrected chi connectivity index (χ0v) is 22.3. The second-order valence-electron chi connectivity index (χ2n) is 8.33. The standard InChI is InChI=1S/C25H37N5O.HI/c1-19(20-11-10-12-21(17-20)30-15-8-9-16-30)28-25(26-2)27-18-23(29(3)4)22-13-6-7-14-24(22)31-5;/h6-7,10-14,17,19,23H,8-9,15-16,18H2,1-5H3,(H2,26,27,28);1H. The van der Waals surface area contributed by atoms with Gasteiger partial charge in [-0.1, -0.05) is 30.3 Å². The molecule has 0 saturated carbocycles. The number of hydrogen-bond donors (Lipinski definition) is 2. The van der Waals surface area contributed by atoms with Crippen LogP contribution in [0.2, 0.25) is 0 Å². The van der Waals surface area contributed by atoms with E-state index in [0.717, 1.165) is 30.4 Å². The summed E-state index contributed by atoms with van der Waals surface area (Å²) in [7, 11) is 7.71. The largest absolute Gasteiger partial charge is 0.496 e. The van der Waals surface area contributed by atoms with E-state index in [1.54, 1.807) is 7.11 Å². The highest BCUT2D eigenvalue weighted by Crippen LogP contribution is 2.27. The van der Waals surface area contributed by atoms with Crippen molar-refractivity contribution in [1.82, 2.24) is 15.5 Å². The number of ether oxygens (including phenoxy) is 1. The molecule has 0 aromatic heterocycles. The molecule has 32 heavy (non-hydrogen) atoms. The van der Waals surface area contributed by atoms with Gasteiger partial charge >= 0.3 is 0 Å². The van der Waals surface area contributed by atoms with E-state index >= 15 is 0 Å². The normalized spacial score (nSPS) is 15.8. The molecule has 2 aromatic rings. The van der Waals surface area contributed by atoms with Crippen LogP contribution in [-0.4, -0.2) is 58.7 Å². The fraction of sp³-hybridized carbons (Fsp3) is 0.480. The Kier molecular flexibility index (Phi) is 10.6. The Morgan fingerprint density at radius 3 is 2.50 bits per heavy atom. The zero-order chi connectivity index (χ0) is 22.2. The highest BCUT2D eigenvalue weighted by atomic mass is 127. The van der Waals surface area contributed by atoms with Crippen LogP contribution in [0.15, 0.2) is 53.5 Å². The maximum Gasteiger partial charge on any atom is 0.191 e. The molecule has 0 spiro atoms. The van der Waals surface area contributed by atoms with E-state index < -0.39 is 0 Å². The minimum absolute atomic E-state index is 0. The van der Waals surface area contributed by atoms with Gasteiger partial charge in [0.2, 0.25) is 0 Å². The number of hydrogen-bond acceptors (Lipinski definition) is 4. The van der Waals surface area contributed by atoms with Crippen LogP contribution in [-0.2, 0) is 0 Å². The Labute approximate surface area is 210 Å². The summed E-state index contributed by atoms with van der Waals surface area (Å²) in [5.74, 6) is 1.69. The van der Waals surface area contributed by atoms with Crippen molar-refractivity contribution in [3.8, 4) is 5.75 Å². The predicted octanol–water partition coefficient (Wildman–Crippen LogP) is 4.44. The first kappa shape index (κ1) is 26.3. The monoisotopic (exact) mass is 551 g/mol. The van der Waals surface area contributed by atoms with Crippen LogP contribution in [0.4, 0.5) is 5.69 Å². The van der Waals surface area contributed by atoms with Crippen molar-refractivity contribution < 1.29 is 4.74 Å². The van der Waals surface area contributed by atoms with Gasteiger partial charge in [-0.05, 0) is 57.6 Å². The average molecular weight is 552 g/mol. The first-order valence-corrected chi connectivity index (χ1v) is 11.1. The third kappa shape index (κ3) is 6.75. The van der Waals surface area contributed by atoms with Crippen molar-refractivity contribution in [2.45, 2.75) is 31.8 Å². The molecule has 1 aliphatic heterocycles. The van der Waals surface area contributed by atoms with Crippen molar-refractivity contribution in [2.75, 3.05) is 52.8 Å². The van der Waals surface area contributed by atoms with Gasteiger partial charge in [-0.25, -0.2) is 0 Å². The topological polar surface area (TPSA) is 52.1 Å². The van der Waals surface area contributed by atoms with Crippen molar-refractivity contribution >= 4 is 35.6 Å². The van der Waals surface area contributed by atoms with Crippen LogP contribution >= 0.6 is 24.0 Å². The van der Waals surface area contributed by atoms with E-state index in [0.29, 0.717) is 6.54 Å². The average Bonchev–Trinajstić information content (AvgIpc) is 3.33. The van der Waals surface area contributed by atoms with Gasteiger partial charge in [0.05, 0.1) is 19.2 Å². The Bertz CT molecular complexity index is 867. The molecular formula is C25H38IN5O. The molecule has 0 radical (unpaired) electrons. The molecule has 0 amide bonds. The molecule has 2 atom stereocenters. The minimum Gasteiger partial charge on any atom is -0.496 e. The first-order chi connectivity index (χ1) is 15.0. The molecule has 3 rings (SSSR count). The number of benzene rings is 2. The summed E-state index contributed by atoms with van der Waals surface area (Å²) in [5.41, 5.74) is 3.74. The molecule has 1 fully saturated rings. The van der Waals surface area contributed by atoms with Crippen LogP contribution < -0.4 is 20.3 Å². The molecule has 0 bridgehead atoms. The molecule has 1 heterocycles. The van der Waals surface area contributed by atoms with Crippen LogP contribution in [0.5, 0.6) is 5.75 Å². The van der Waals surface area contributed by atoms with E-state index in [1.165, 1.54) is 24.1 Å². The van der Waals surface area contributed by atoms with E-state index in [1.807, 2.05) is 19.2 Å². The molecule has 1 aliphatic rings. The minimum atomic E-state index is 0. The molecule has 176 valence electrons. The molecule has 1 saturated heterocycles. The predicted molar refractivity (Wildman–Crippen MR) is 146 cm³/mol. The maximum atomic E-state index is 5.58. The van der Waals surface area contributed by atoms with Gasteiger partial charge in [-0.15, -0.1) is 24.0 Å². The third-order valence-corrected chi connectivity index (χ3v) is 6.00. The summed E-state index contributed by atoms with van der Waals surface area (Å²) in [6.07, 6.45) is 2.57. The fourth-order valence-electron chi connectivity index (χ4n) is 4.15. The van der Waals surface area contributed by atoms with Crippen LogP contribution in [0, 0.1) is 0 Å². The van der Waals surface area contributed by atoms with Gasteiger partial charge < -0.3 is 25.2 Å². The van der Waals surface area contributed by atoms with E-state index in [-0.39, 0.29) is 36.1 Å². The number of methoxy groups -OCH3 is 1. The number of rotatable bonds is 8. The van der Waals surface area contributed by atoms with Gasteiger partial charge in [0.15, 0.2) is 5.96 Å².